The van der Waals surface area contributed by atoms with E-state index in [9.17, 15) is 5.11 Å². The van der Waals surface area contributed by atoms with Crippen LogP contribution in [-0.2, 0) is 0 Å². The summed E-state index contributed by atoms with van der Waals surface area (Å²) in [6.07, 6.45) is 0. The lowest BCUT2D eigenvalue weighted by Gasteiger charge is -2.12. The van der Waals surface area contributed by atoms with Gasteiger partial charge in [-0.1, -0.05) is 62.4 Å². The molecule has 3 aromatic carbocycles. The van der Waals surface area contributed by atoms with Crippen molar-refractivity contribution in [1.29, 1.82) is 0 Å². The third kappa shape index (κ3) is 5.10. The number of aromatic hydroxyl groups is 1. The van der Waals surface area contributed by atoms with Gasteiger partial charge in [-0.3, -0.25) is 0 Å². The van der Waals surface area contributed by atoms with E-state index in [0.717, 1.165) is 11.3 Å². The van der Waals surface area contributed by atoms with Crippen LogP contribution in [0.2, 0.25) is 0 Å². The predicted molar refractivity (Wildman–Crippen MR) is 111 cm³/mol. The summed E-state index contributed by atoms with van der Waals surface area (Å²) < 4.78 is 5.83. The van der Waals surface area contributed by atoms with E-state index in [4.69, 9.17) is 4.74 Å². The molecule has 0 atom stereocenters. The second kappa shape index (κ2) is 8.88. The van der Waals surface area contributed by atoms with Crippen LogP contribution in [0, 0.1) is 5.92 Å². The van der Waals surface area contributed by atoms with Crippen molar-refractivity contribution in [2.45, 2.75) is 13.8 Å². The van der Waals surface area contributed by atoms with Crippen LogP contribution in [0.15, 0.2) is 83.9 Å². The Hall–Kier alpha value is -3.29. The predicted octanol–water partition coefficient (Wildman–Crippen LogP) is 5.86. The van der Waals surface area contributed by atoms with Crippen molar-refractivity contribution in [3.05, 3.63) is 90.0 Å². The molecule has 0 fully saturated rings. The molecule has 1 N–H and O–H groups in total. The number of benzene rings is 3. The molecule has 0 saturated carbocycles. The molecule has 3 rings (SSSR count). The van der Waals surface area contributed by atoms with Crippen LogP contribution in [0.3, 0.4) is 0 Å². The molecule has 0 bridgehead atoms. The minimum Gasteiger partial charge on any atom is -0.507 e. The molecular formula is C24H23NO2. The highest BCUT2D eigenvalue weighted by Gasteiger charge is 2.12. The van der Waals surface area contributed by atoms with Crippen LogP contribution in [0.5, 0.6) is 11.5 Å². The van der Waals surface area contributed by atoms with Crippen LogP contribution in [0.1, 0.15) is 25.0 Å². The average molecular weight is 357 g/mol. The van der Waals surface area contributed by atoms with Crippen LogP contribution in [-0.4, -0.2) is 17.6 Å². The first-order valence-corrected chi connectivity index (χ1v) is 9.04. The molecule has 0 aromatic heterocycles. The standard InChI is InChI=1S/C24H23NO2/c1-18(2)17-27-21-13-14-24(26)22(15-21)23(19-9-5-3-6-10-19)16-25-20-11-7-4-8-12-20/h3-15,18,26H,17H2,1-2H3. The molecule has 3 nitrogen and oxygen atoms in total. The highest BCUT2D eigenvalue weighted by molar-refractivity contribution is 6.01. The maximum Gasteiger partial charge on any atom is 0.124 e. The van der Waals surface area contributed by atoms with Gasteiger partial charge >= 0.3 is 0 Å². The molecule has 3 heteroatoms. The van der Waals surface area contributed by atoms with Crippen molar-refractivity contribution < 1.29 is 9.84 Å². The lowest BCUT2D eigenvalue weighted by molar-refractivity contribution is 0.270. The largest absolute Gasteiger partial charge is 0.507 e. The summed E-state index contributed by atoms with van der Waals surface area (Å²) in [5.74, 6) is 4.43. The molecule has 0 heterocycles. The van der Waals surface area contributed by atoms with Crippen molar-refractivity contribution in [2.24, 2.45) is 10.9 Å². The van der Waals surface area contributed by atoms with E-state index in [1.54, 1.807) is 12.1 Å². The van der Waals surface area contributed by atoms with E-state index >= 15 is 0 Å². The molecule has 0 amide bonds. The number of hydrogen-bond donors (Lipinski definition) is 1. The molecule has 0 spiro atoms. The van der Waals surface area contributed by atoms with Gasteiger partial charge in [-0.2, -0.15) is 0 Å². The van der Waals surface area contributed by atoms with E-state index in [2.05, 4.69) is 24.7 Å². The maximum absolute atomic E-state index is 10.5. The smallest absolute Gasteiger partial charge is 0.124 e. The number of rotatable bonds is 6. The fourth-order valence-electron chi connectivity index (χ4n) is 2.58. The summed E-state index contributed by atoms with van der Waals surface area (Å²) in [5.41, 5.74) is 3.08. The normalized spacial score (nSPS) is 10.3. The number of aliphatic imine (C=N–C) groups is 1. The van der Waals surface area contributed by atoms with E-state index in [1.165, 1.54) is 0 Å². The molecule has 0 aliphatic carbocycles. The van der Waals surface area contributed by atoms with Crippen LogP contribution in [0.25, 0.3) is 5.57 Å². The first-order chi connectivity index (χ1) is 13.1. The van der Waals surface area contributed by atoms with Crippen molar-refractivity contribution in [2.75, 3.05) is 6.61 Å². The van der Waals surface area contributed by atoms with Gasteiger partial charge in [-0.15, -0.1) is 0 Å². The number of phenolic OH excluding ortho intramolecular Hbond substituents is 1. The zero-order valence-electron chi connectivity index (χ0n) is 15.6. The summed E-state index contributed by atoms with van der Waals surface area (Å²) in [6, 6.07) is 24.7. The Balaban J connectivity index is 2.08. The number of para-hydroxylation sites is 1. The average Bonchev–Trinajstić information content (AvgIpc) is 2.70. The van der Waals surface area contributed by atoms with Gasteiger partial charge < -0.3 is 9.84 Å². The number of ether oxygens (including phenoxy) is 1. The van der Waals surface area contributed by atoms with Crippen molar-refractivity contribution >= 4 is 17.1 Å². The minimum atomic E-state index is 0.168. The van der Waals surface area contributed by atoms with Gasteiger partial charge in [0.2, 0.25) is 0 Å². The lowest BCUT2D eigenvalue weighted by Crippen LogP contribution is -2.04. The molecule has 0 radical (unpaired) electrons. The van der Waals surface area contributed by atoms with Gasteiger partial charge in [-0.05, 0) is 47.7 Å². The van der Waals surface area contributed by atoms with E-state index in [1.807, 2.05) is 66.7 Å². The van der Waals surface area contributed by atoms with Crippen molar-refractivity contribution in [3.8, 4) is 11.5 Å². The van der Waals surface area contributed by atoms with Gasteiger partial charge in [0.15, 0.2) is 0 Å². The highest BCUT2D eigenvalue weighted by atomic mass is 16.5. The minimum absolute atomic E-state index is 0.168. The Labute approximate surface area is 160 Å². The zero-order valence-corrected chi connectivity index (χ0v) is 15.6. The summed E-state index contributed by atoms with van der Waals surface area (Å²) in [5, 5.41) is 10.5. The van der Waals surface area contributed by atoms with Crippen LogP contribution >= 0.6 is 0 Å². The van der Waals surface area contributed by atoms with Gasteiger partial charge in [0.1, 0.15) is 11.5 Å². The molecule has 0 saturated heterocycles. The molecule has 0 aliphatic rings. The first kappa shape index (κ1) is 18.5. The van der Waals surface area contributed by atoms with E-state index in [-0.39, 0.29) is 5.75 Å². The van der Waals surface area contributed by atoms with Gasteiger partial charge in [0, 0.05) is 5.56 Å². The van der Waals surface area contributed by atoms with Crippen LogP contribution in [0.4, 0.5) is 5.69 Å². The topological polar surface area (TPSA) is 41.8 Å². The lowest BCUT2D eigenvalue weighted by atomic mass is 9.98. The SMILES string of the molecule is CC(C)COc1ccc(O)c(C(=C=Nc2ccccc2)c2ccccc2)c1. The Kier molecular flexibility index (Phi) is 6.09. The monoisotopic (exact) mass is 357 g/mol. The number of nitrogens with zero attached hydrogens (tertiary/aromatic N) is 1. The summed E-state index contributed by atoms with van der Waals surface area (Å²) in [6.45, 7) is 4.82. The quantitative estimate of drug-likeness (QED) is 0.561. The van der Waals surface area contributed by atoms with Gasteiger partial charge in [0.05, 0.1) is 17.9 Å². The maximum atomic E-state index is 10.5. The first-order valence-electron chi connectivity index (χ1n) is 9.04. The third-order valence-electron chi connectivity index (χ3n) is 3.94. The second-order valence-electron chi connectivity index (χ2n) is 6.68. The molecule has 27 heavy (non-hydrogen) atoms. The molecular weight excluding hydrogens is 334 g/mol. The Morgan fingerprint density at radius 2 is 1.63 bits per heavy atom. The highest BCUT2D eigenvalue weighted by Crippen LogP contribution is 2.32. The Morgan fingerprint density at radius 3 is 2.30 bits per heavy atom. The summed E-state index contributed by atoms with van der Waals surface area (Å²) in [7, 11) is 0. The number of phenols is 1. The zero-order chi connectivity index (χ0) is 19.1. The molecule has 3 aromatic rings. The Bertz CT molecular complexity index is 941. The fourth-order valence-corrected chi connectivity index (χ4v) is 2.58. The van der Waals surface area contributed by atoms with Crippen molar-refractivity contribution in [1.82, 2.24) is 0 Å². The van der Waals surface area contributed by atoms with Crippen molar-refractivity contribution in [3.63, 3.8) is 0 Å². The van der Waals surface area contributed by atoms with E-state index in [0.29, 0.717) is 29.4 Å². The van der Waals surface area contributed by atoms with Gasteiger partial charge in [-0.25, -0.2) is 4.99 Å². The molecule has 0 unspecified atom stereocenters. The second-order valence-corrected chi connectivity index (χ2v) is 6.68. The van der Waals surface area contributed by atoms with E-state index < -0.39 is 0 Å². The Morgan fingerprint density at radius 1 is 0.963 bits per heavy atom. The van der Waals surface area contributed by atoms with Gasteiger partial charge in [0.25, 0.3) is 0 Å². The number of hydrogen-bond acceptors (Lipinski definition) is 3. The molecule has 136 valence electrons. The summed E-state index contributed by atoms with van der Waals surface area (Å²) >= 11 is 0. The summed E-state index contributed by atoms with van der Waals surface area (Å²) in [4.78, 5) is 4.47. The fraction of sp³-hybridized carbons (Fsp3) is 0.167. The molecule has 0 aliphatic heterocycles. The third-order valence-corrected chi connectivity index (χ3v) is 3.94. The van der Waals surface area contributed by atoms with Crippen LogP contribution < -0.4 is 4.74 Å².